The summed E-state index contributed by atoms with van der Waals surface area (Å²) in [6.07, 6.45) is 0.798. The topological polar surface area (TPSA) is 89.9 Å². The van der Waals surface area contributed by atoms with E-state index in [1.165, 1.54) is 11.1 Å². The lowest BCUT2D eigenvalue weighted by molar-refractivity contribution is -0.135. The number of carboxylic acids is 2. The molecule has 0 bridgehead atoms. The van der Waals surface area contributed by atoms with Crippen LogP contribution in [0.15, 0.2) is 63.9 Å². The molecule has 2 aromatic carbocycles. The lowest BCUT2D eigenvalue weighted by Crippen LogP contribution is -2.53. The smallest absolute Gasteiger partial charge is 0.333 e. The highest BCUT2D eigenvalue weighted by Crippen LogP contribution is 2.38. The largest absolute Gasteiger partial charge is 0.478 e. The van der Waals surface area contributed by atoms with Gasteiger partial charge in [-0.1, -0.05) is 41.6 Å². The predicted octanol–water partition coefficient (Wildman–Crippen LogP) is 3.33. The van der Waals surface area contributed by atoms with Crippen molar-refractivity contribution < 1.29 is 19.8 Å². The fourth-order valence-corrected chi connectivity index (χ4v) is 4.55. The number of rotatable bonds is 6. The normalized spacial score (nSPS) is 17.2. The van der Waals surface area contributed by atoms with E-state index < -0.39 is 18.0 Å². The zero-order valence-electron chi connectivity index (χ0n) is 16.4. The average Bonchev–Trinajstić information content (AvgIpc) is 2.68. The van der Waals surface area contributed by atoms with Gasteiger partial charge in [0, 0.05) is 35.5 Å². The fraction of sp³-hybridized carbons (Fsp3) is 0.273. The monoisotopic (exact) mass is 412 g/mol. The molecular weight excluding hydrogens is 388 g/mol. The van der Waals surface area contributed by atoms with Gasteiger partial charge in [-0.2, -0.15) is 0 Å². The number of aliphatic carboxylic acids is 2. The Bertz CT molecular complexity index is 958. The molecule has 3 rings (SSSR count). The highest BCUT2D eigenvalue weighted by atomic mass is 32.2. The first kappa shape index (κ1) is 21.0. The Balaban J connectivity index is 2.00. The number of anilines is 1. The summed E-state index contributed by atoms with van der Waals surface area (Å²) in [6, 6.07) is 13.6. The molecule has 1 aliphatic rings. The quantitative estimate of drug-likeness (QED) is 0.627. The Hall–Kier alpha value is -2.77. The molecule has 0 amide bonds. The molecule has 0 spiro atoms. The van der Waals surface area contributed by atoms with Crippen LogP contribution in [0.3, 0.4) is 0 Å². The Morgan fingerprint density at radius 3 is 2.59 bits per heavy atom. The number of benzene rings is 2. The van der Waals surface area contributed by atoms with Crippen LogP contribution in [0.2, 0.25) is 0 Å². The fourth-order valence-electron chi connectivity index (χ4n) is 3.52. The van der Waals surface area contributed by atoms with Crippen LogP contribution >= 0.6 is 11.8 Å². The number of hydrogen-bond donors (Lipinski definition) is 3. The summed E-state index contributed by atoms with van der Waals surface area (Å²) in [7, 11) is 0. The third-order valence-corrected chi connectivity index (χ3v) is 6.10. The van der Waals surface area contributed by atoms with E-state index in [4.69, 9.17) is 5.11 Å². The van der Waals surface area contributed by atoms with Crippen molar-refractivity contribution >= 4 is 29.4 Å². The molecule has 29 heavy (non-hydrogen) atoms. The number of carbonyl (C=O) groups is 2. The predicted molar refractivity (Wildman–Crippen MR) is 114 cm³/mol. The summed E-state index contributed by atoms with van der Waals surface area (Å²) in [6.45, 7) is 5.78. The second kappa shape index (κ2) is 9.15. The second-order valence-electron chi connectivity index (χ2n) is 7.00. The molecule has 1 unspecified atom stereocenters. The molecule has 1 atom stereocenters. The molecule has 6 nitrogen and oxygen atoms in total. The maximum Gasteiger partial charge on any atom is 0.333 e. The zero-order chi connectivity index (χ0) is 21.0. The van der Waals surface area contributed by atoms with Gasteiger partial charge in [-0.3, -0.25) is 0 Å². The number of piperazine rings is 1. The van der Waals surface area contributed by atoms with E-state index in [-0.39, 0.29) is 5.57 Å². The van der Waals surface area contributed by atoms with Crippen molar-refractivity contribution in [2.45, 2.75) is 29.7 Å². The summed E-state index contributed by atoms with van der Waals surface area (Å²) >= 11 is 1.63. The Morgan fingerprint density at radius 1 is 1.14 bits per heavy atom. The van der Waals surface area contributed by atoms with E-state index in [1.807, 2.05) is 29.2 Å². The Morgan fingerprint density at radius 2 is 1.90 bits per heavy atom. The summed E-state index contributed by atoms with van der Waals surface area (Å²) in [5, 5.41) is 21.9. The molecule has 1 saturated heterocycles. The third kappa shape index (κ3) is 4.99. The van der Waals surface area contributed by atoms with Crippen LogP contribution in [-0.4, -0.2) is 47.8 Å². The molecule has 0 aromatic heterocycles. The molecule has 0 saturated carbocycles. The van der Waals surface area contributed by atoms with Gasteiger partial charge in [-0.15, -0.1) is 0 Å². The SMILES string of the molecule is Cc1ccc(Sc2ccccc2N2CCNCC2/C(=C/C(=O)O)C(=O)O)c(C)c1. The molecule has 1 aliphatic heterocycles. The first-order valence-electron chi connectivity index (χ1n) is 9.36. The standard InChI is InChI=1S/C22H24N2O4S/c1-14-7-8-19(15(2)11-14)29-20-6-4-3-5-17(20)24-10-9-23-13-18(24)16(22(27)28)12-21(25)26/h3-8,11-12,18,23H,9-10,13H2,1-2H3,(H,25,26)(H,27,28)/b16-12-. The number of aryl methyl sites for hydroxylation is 2. The molecule has 0 radical (unpaired) electrons. The van der Waals surface area contributed by atoms with Gasteiger partial charge in [-0.05, 0) is 37.6 Å². The van der Waals surface area contributed by atoms with E-state index in [2.05, 4.69) is 37.4 Å². The number of hydrogen-bond acceptors (Lipinski definition) is 5. The summed E-state index contributed by atoms with van der Waals surface area (Å²) in [5.74, 6) is -2.48. The molecule has 3 N–H and O–H groups in total. The molecule has 152 valence electrons. The minimum atomic E-state index is -1.26. The van der Waals surface area contributed by atoms with Gasteiger partial charge in [0.25, 0.3) is 0 Å². The van der Waals surface area contributed by atoms with Crippen molar-refractivity contribution in [1.29, 1.82) is 0 Å². The first-order valence-corrected chi connectivity index (χ1v) is 10.2. The highest BCUT2D eigenvalue weighted by Gasteiger charge is 2.31. The van der Waals surface area contributed by atoms with Gasteiger partial charge >= 0.3 is 11.9 Å². The van der Waals surface area contributed by atoms with E-state index in [1.54, 1.807) is 11.8 Å². The summed E-state index contributed by atoms with van der Waals surface area (Å²) in [5.41, 5.74) is 3.16. The van der Waals surface area contributed by atoms with Crippen LogP contribution in [0.4, 0.5) is 5.69 Å². The summed E-state index contributed by atoms with van der Waals surface area (Å²) in [4.78, 5) is 27.1. The van der Waals surface area contributed by atoms with Crippen molar-refractivity contribution in [3.8, 4) is 0 Å². The molecule has 2 aromatic rings. The van der Waals surface area contributed by atoms with Crippen LogP contribution in [0.1, 0.15) is 11.1 Å². The molecular formula is C22H24N2O4S. The average molecular weight is 413 g/mol. The van der Waals surface area contributed by atoms with E-state index in [0.29, 0.717) is 19.6 Å². The minimum absolute atomic E-state index is 0.129. The van der Waals surface area contributed by atoms with Crippen LogP contribution in [0.25, 0.3) is 0 Å². The van der Waals surface area contributed by atoms with E-state index in [9.17, 15) is 14.7 Å². The van der Waals surface area contributed by atoms with Gasteiger partial charge < -0.3 is 20.4 Å². The molecule has 1 fully saturated rings. The van der Waals surface area contributed by atoms with Crippen molar-refractivity contribution in [2.75, 3.05) is 24.5 Å². The first-order chi connectivity index (χ1) is 13.9. The lowest BCUT2D eigenvalue weighted by atomic mass is 10.0. The Kier molecular flexibility index (Phi) is 6.61. The van der Waals surface area contributed by atoms with E-state index >= 15 is 0 Å². The Labute approximate surface area is 174 Å². The molecule has 0 aliphatic carbocycles. The second-order valence-corrected chi connectivity index (χ2v) is 8.08. The lowest BCUT2D eigenvalue weighted by Gasteiger charge is -2.39. The number of nitrogens with zero attached hydrogens (tertiary/aromatic N) is 1. The molecule has 1 heterocycles. The molecule has 7 heteroatoms. The van der Waals surface area contributed by atoms with Crippen LogP contribution in [-0.2, 0) is 9.59 Å². The highest BCUT2D eigenvalue weighted by molar-refractivity contribution is 7.99. The van der Waals surface area contributed by atoms with Gasteiger partial charge in [0.05, 0.1) is 17.3 Å². The maximum atomic E-state index is 11.8. The van der Waals surface area contributed by atoms with Gasteiger partial charge in [0.2, 0.25) is 0 Å². The third-order valence-electron chi connectivity index (χ3n) is 4.85. The van der Waals surface area contributed by atoms with Crippen molar-refractivity contribution in [1.82, 2.24) is 5.32 Å². The van der Waals surface area contributed by atoms with Gasteiger partial charge in [-0.25, -0.2) is 9.59 Å². The number of nitrogens with one attached hydrogen (secondary N) is 1. The van der Waals surface area contributed by atoms with Crippen molar-refractivity contribution in [3.05, 3.63) is 65.2 Å². The van der Waals surface area contributed by atoms with Crippen molar-refractivity contribution in [3.63, 3.8) is 0 Å². The van der Waals surface area contributed by atoms with Crippen molar-refractivity contribution in [2.24, 2.45) is 0 Å². The zero-order valence-corrected chi connectivity index (χ0v) is 17.2. The van der Waals surface area contributed by atoms with Gasteiger partial charge in [0.15, 0.2) is 0 Å². The number of carboxylic acid groups (broad SMARTS) is 2. The maximum absolute atomic E-state index is 11.8. The number of para-hydroxylation sites is 1. The van der Waals surface area contributed by atoms with Crippen LogP contribution in [0, 0.1) is 13.8 Å². The van der Waals surface area contributed by atoms with Gasteiger partial charge in [0.1, 0.15) is 0 Å². The van der Waals surface area contributed by atoms with Crippen LogP contribution < -0.4 is 10.2 Å². The van der Waals surface area contributed by atoms with E-state index in [0.717, 1.165) is 21.6 Å². The summed E-state index contributed by atoms with van der Waals surface area (Å²) < 4.78 is 0. The van der Waals surface area contributed by atoms with Crippen LogP contribution in [0.5, 0.6) is 0 Å². The minimum Gasteiger partial charge on any atom is -0.478 e.